The number of amides is 1. The highest BCUT2D eigenvalue weighted by molar-refractivity contribution is 7.99. The van der Waals surface area contributed by atoms with Crippen LogP contribution in [-0.2, 0) is 24.8 Å². The quantitative estimate of drug-likeness (QED) is 0.390. The molecular weight excluding hydrogens is 457 g/mol. The monoisotopic (exact) mass is 479 g/mol. The van der Waals surface area contributed by atoms with Crippen molar-refractivity contribution in [3.05, 3.63) is 83.7 Å². The third kappa shape index (κ3) is 4.76. The van der Waals surface area contributed by atoms with Crippen molar-refractivity contribution in [2.75, 3.05) is 12.5 Å². The Kier molecular flexibility index (Phi) is 6.22. The number of rotatable bonds is 8. The van der Waals surface area contributed by atoms with Gasteiger partial charge in [-0.2, -0.15) is 0 Å². The van der Waals surface area contributed by atoms with Gasteiger partial charge in [0.2, 0.25) is 12.7 Å². The molecule has 0 unspecified atom stereocenters. The maximum Gasteiger partial charge on any atom is 0.231 e. The Labute approximate surface area is 199 Å². The van der Waals surface area contributed by atoms with E-state index in [1.165, 1.54) is 23.9 Å². The molecule has 1 aliphatic heterocycles. The van der Waals surface area contributed by atoms with E-state index in [-0.39, 0.29) is 24.3 Å². The van der Waals surface area contributed by atoms with Crippen molar-refractivity contribution >= 4 is 17.7 Å². The Morgan fingerprint density at radius 2 is 1.94 bits per heavy atom. The molecular formula is C24H22FN5O3S. The van der Waals surface area contributed by atoms with E-state index >= 15 is 0 Å². The fraction of sp³-hybridized carbons (Fsp3) is 0.208. The van der Waals surface area contributed by atoms with E-state index in [1.807, 2.05) is 52.7 Å². The summed E-state index contributed by atoms with van der Waals surface area (Å²) in [4.78, 5) is 12.5. The van der Waals surface area contributed by atoms with Gasteiger partial charge in [-0.05, 0) is 54.1 Å². The van der Waals surface area contributed by atoms with E-state index in [1.54, 1.807) is 12.1 Å². The maximum atomic E-state index is 13.5. The van der Waals surface area contributed by atoms with Gasteiger partial charge in [-0.15, -0.1) is 10.2 Å². The van der Waals surface area contributed by atoms with Gasteiger partial charge in [0, 0.05) is 37.6 Å². The molecule has 10 heteroatoms. The third-order valence-electron chi connectivity index (χ3n) is 5.43. The molecule has 0 atom stereocenters. The van der Waals surface area contributed by atoms with Gasteiger partial charge in [-0.1, -0.05) is 17.8 Å². The van der Waals surface area contributed by atoms with Crippen LogP contribution < -0.4 is 14.8 Å². The standard InChI is InChI=1S/C24H22FN5O3S/c1-29-10-2-3-19(29)12-22-27-28-24(30(22)18-7-5-17(25)6-8-18)34-14-23(31)26-13-16-4-9-20-21(11-16)33-15-32-20/h2-11H,12-15H2,1H3,(H,26,31). The summed E-state index contributed by atoms with van der Waals surface area (Å²) in [7, 11) is 1.97. The van der Waals surface area contributed by atoms with E-state index in [4.69, 9.17) is 9.47 Å². The summed E-state index contributed by atoms with van der Waals surface area (Å²) in [5.74, 6) is 1.79. The molecule has 0 radical (unpaired) electrons. The number of ether oxygens (including phenoxy) is 2. The zero-order chi connectivity index (χ0) is 23.5. The predicted molar refractivity (Wildman–Crippen MR) is 125 cm³/mol. The Balaban J connectivity index is 1.28. The molecule has 174 valence electrons. The maximum absolute atomic E-state index is 13.5. The van der Waals surface area contributed by atoms with Crippen LogP contribution in [0.3, 0.4) is 0 Å². The van der Waals surface area contributed by atoms with Gasteiger partial charge in [0.1, 0.15) is 11.6 Å². The first-order chi connectivity index (χ1) is 16.6. The number of nitrogens with zero attached hydrogens (tertiary/aromatic N) is 4. The summed E-state index contributed by atoms with van der Waals surface area (Å²) < 4.78 is 28.1. The Bertz CT molecular complexity index is 1320. The fourth-order valence-electron chi connectivity index (χ4n) is 3.63. The molecule has 34 heavy (non-hydrogen) atoms. The largest absolute Gasteiger partial charge is 0.454 e. The summed E-state index contributed by atoms with van der Waals surface area (Å²) in [5.41, 5.74) is 2.72. The van der Waals surface area contributed by atoms with Crippen LogP contribution in [0.2, 0.25) is 0 Å². The second-order valence-electron chi connectivity index (χ2n) is 7.75. The molecule has 8 nitrogen and oxygen atoms in total. The van der Waals surface area contributed by atoms with Gasteiger partial charge < -0.3 is 19.4 Å². The number of benzene rings is 2. The number of carbonyl (C=O) groups excluding carboxylic acids is 1. The number of aromatic nitrogens is 4. The number of aryl methyl sites for hydroxylation is 1. The summed E-state index contributed by atoms with van der Waals surface area (Å²) in [6.45, 7) is 0.585. The van der Waals surface area contributed by atoms with Crippen LogP contribution in [0, 0.1) is 5.82 Å². The molecule has 4 aromatic rings. The van der Waals surface area contributed by atoms with E-state index in [9.17, 15) is 9.18 Å². The highest BCUT2D eigenvalue weighted by atomic mass is 32.2. The van der Waals surface area contributed by atoms with Crippen LogP contribution >= 0.6 is 11.8 Å². The number of halogens is 1. The van der Waals surface area contributed by atoms with Gasteiger partial charge in [0.05, 0.1) is 5.75 Å². The average Bonchev–Trinajstić information content (AvgIpc) is 3.57. The van der Waals surface area contributed by atoms with Gasteiger partial charge >= 0.3 is 0 Å². The van der Waals surface area contributed by atoms with Crippen molar-refractivity contribution in [1.29, 1.82) is 0 Å². The van der Waals surface area contributed by atoms with Crippen LogP contribution in [0.25, 0.3) is 5.69 Å². The van der Waals surface area contributed by atoms with E-state index in [0.717, 1.165) is 16.9 Å². The average molecular weight is 480 g/mol. The molecule has 0 bridgehead atoms. The molecule has 3 heterocycles. The molecule has 0 aliphatic carbocycles. The minimum absolute atomic E-state index is 0.139. The minimum atomic E-state index is -0.321. The third-order valence-corrected chi connectivity index (χ3v) is 6.36. The lowest BCUT2D eigenvalue weighted by molar-refractivity contribution is -0.118. The van der Waals surface area contributed by atoms with E-state index in [0.29, 0.717) is 35.4 Å². The van der Waals surface area contributed by atoms with Crippen LogP contribution in [0.4, 0.5) is 4.39 Å². The van der Waals surface area contributed by atoms with Gasteiger partial charge in [0.25, 0.3) is 0 Å². The lowest BCUT2D eigenvalue weighted by atomic mass is 10.2. The fourth-order valence-corrected chi connectivity index (χ4v) is 4.43. The Morgan fingerprint density at radius 3 is 2.74 bits per heavy atom. The van der Waals surface area contributed by atoms with Crippen molar-refractivity contribution in [1.82, 2.24) is 24.6 Å². The first-order valence-corrected chi connectivity index (χ1v) is 11.6. The highest BCUT2D eigenvalue weighted by Gasteiger charge is 2.18. The minimum Gasteiger partial charge on any atom is -0.454 e. The van der Waals surface area contributed by atoms with Gasteiger partial charge in [0.15, 0.2) is 16.7 Å². The first kappa shape index (κ1) is 22.0. The number of hydrogen-bond acceptors (Lipinski definition) is 6. The number of fused-ring (bicyclic) bond motifs is 1. The molecule has 0 spiro atoms. The zero-order valence-electron chi connectivity index (χ0n) is 18.4. The molecule has 2 aromatic carbocycles. The molecule has 2 aromatic heterocycles. The smallest absolute Gasteiger partial charge is 0.231 e. The van der Waals surface area contributed by atoms with Gasteiger partial charge in [-0.3, -0.25) is 9.36 Å². The van der Waals surface area contributed by atoms with Crippen molar-refractivity contribution in [2.24, 2.45) is 7.05 Å². The lowest BCUT2D eigenvalue weighted by Gasteiger charge is -2.11. The van der Waals surface area contributed by atoms with Crippen molar-refractivity contribution in [3.63, 3.8) is 0 Å². The molecule has 1 amide bonds. The Hall–Kier alpha value is -3.79. The Morgan fingerprint density at radius 1 is 1.12 bits per heavy atom. The predicted octanol–water partition coefficient (Wildman–Crippen LogP) is 3.47. The number of carbonyl (C=O) groups is 1. The summed E-state index contributed by atoms with van der Waals surface area (Å²) in [5, 5.41) is 12.2. The molecule has 1 N–H and O–H groups in total. The number of nitrogens with one attached hydrogen (secondary N) is 1. The van der Waals surface area contributed by atoms with Gasteiger partial charge in [-0.25, -0.2) is 4.39 Å². The molecule has 0 saturated carbocycles. The van der Waals surface area contributed by atoms with Crippen LogP contribution in [0.5, 0.6) is 11.5 Å². The normalized spacial score (nSPS) is 12.2. The number of hydrogen-bond donors (Lipinski definition) is 1. The summed E-state index contributed by atoms with van der Waals surface area (Å²) in [6.07, 6.45) is 2.51. The second kappa shape index (κ2) is 9.60. The van der Waals surface area contributed by atoms with Crippen molar-refractivity contribution < 1.29 is 18.7 Å². The van der Waals surface area contributed by atoms with E-state index < -0.39 is 0 Å². The van der Waals surface area contributed by atoms with Crippen LogP contribution in [0.15, 0.2) is 66.0 Å². The molecule has 0 saturated heterocycles. The molecule has 1 aliphatic rings. The lowest BCUT2D eigenvalue weighted by Crippen LogP contribution is -2.24. The van der Waals surface area contributed by atoms with Crippen LogP contribution in [-0.4, -0.2) is 37.8 Å². The van der Waals surface area contributed by atoms with Crippen molar-refractivity contribution in [2.45, 2.75) is 18.1 Å². The first-order valence-electron chi connectivity index (χ1n) is 10.7. The summed E-state index contributed by atoms with van der Waals surface area (Å²) >= 11 is 1.28. The van der Waals surface area contributed by atoms with Crippen molar-refractivity contribution in [3.8, 4) is 17.2 Å². The molecule has 5 rings (SSSR count). The summed E-state index contributed by atoms with van der Waals surface area (Å²) in [6, 6.07) is 15.7. The highest BCUT2D eigenvalue weighted by Crippen LogP contribution is 2.32. The molecule has 0 fully saturated rings. The second-order valence-corrected chi connectivity index (χ2v) is 8.69. The number of thioether (sulfide) groups is 1. The topological polar surface area (TPSA) is 83.2 Å². The SMILES string of the molecule is Cn1cccc1Cc1nnc(SCC(=O)NCc2ccc3c(c2)OCO3)n1-c1ccc(F)cc1. The zero-order valence-corrected chi connectivity index (χ0v) is 19.2. The van der Waals surface area contributed by atoms with Crippen LogP contribution in [0.1, 0.15) is 17.1 Å². The van der Waals surface area contributed by atoms with E-state index in [2.05, 4.69) is 15.5 Å².